The maximum absolute atomic E-state index is 13.5. The average Bonchev–Trinajstić information content (AvgIpc) is 3.46. The highest BCUT2D eigenvalue weighted by Crippen LogP contribution is 2.44. The fourth-order valence-electron chi connectivity index (χ4n) is 4.25. The van der Waals surface area contributed by atoms with E-state index in [2.05, 4.69) is 9.97 Å². The lowest BCUT2D eigenvalue weighted by molar-refractivity contribution is -0.132. The Labute approximate surface area is 228 Å². The van der Waals surface area contributed by atoms with Crippen molar-refractivity contribution in [3.63, 3.8) is 0 Å². The lowest BCUT2D eigenvalue weighted by atomic mass is 9.95. The van der Waals surface area contributed by atoms with Gasteiger partial charge in [0, 0.05) is 18.0 Å². The predicted molar refractivity (Wildman–Crippen MR) is 145 cm³/mol. The summed E-state index contributed by atoms with van der Waals surface area (Å²) in [4.78, 5) is 49.2. The van der Waals surface area contributed by atoms with Crippen molar-refractivity contribution in [2.24, 2.45) is 0 Å². The molecule has 1 aliphatic rings. The molecule has 1 aliphatic heterocycles. The zero-order valence-electron chi connectivity index (χ0n) is 21.0. The summed E-state index contributed by atoms with van der Waals surface area (Å²) in [7, 11) is 0. The normalized spacial score (nSPS) is 16.4. The summed E-state index contributed by atoms with van der Waals surface area (Å²) >= 11 is 0.947. The Morgan fingerprint density at radius 1 is 1.03 bits per heavy atom. The van der Waals surface area contributed by atoms with Gasteiger partial charge >= 0.3 is 11.9 Å². The van der Waals surface area contributed by atoms with Crippen molar-refractivity contribution in [1.29, 1.82) is 0 Å². The summed E-state index contributed by atoms with van der Waals surface area (Å²) in [5.41, 5.74) is 1.08. The van der Waals surface area contributed by atoms with Crippen LogP contribution in [0.15, 0.2) is 84.7 Å². The lowest BCUT2D eigenvalue weighted by Crippen LogP contribution is -2.29. The first kappa shape index (κ1) is 25.8. The summed E-state index contributed by atoms with van der Waals surface area (Å²) in [5.74, 6) is -1.60. The summed E-state index contributed by atoms with van der Waals surface area (Å²) < 4.78 is 11.1. The van der Waals surface area contributed by atoms with E-state index in [1.165, 1.54) is 17.3 Å². The second-order valence-corrected chi connectivity index (χ2v) is 9.50. The van der Waals surface area contributed by atoms with E-state index < -0.39 is 23.7 Å². The molecule has 0 bridgehead atoms. The monoisotopic (exact) mass is 541 g/mol. The molecule has 1 saturated heterocycles. The van der Waals surface area contributed by atoms with E-state index in [4.69, 9.17) is 9.47 Å². The number of rotatable bonds is 7. The first-order valence-corrected chi connectivity index (χ1v) is 12.9. The molecule has 2 aromatic carbocycles. The molecule has 1 fully saturated rings. The van der Waals surface area contributed by atoms with Gasteiger partial charge in [-0.1, -0.05) is 41.7 Å². The average molecular weight is 542 g/mol. The number of Topliss-reactive ketones (excluding diaryl/α,β-unsaturated/α-hetero) is 1. The number of para-hydroxylation sites is 1. The first-order chi connectivity index (χ1) is 18.9. The number of ketones is 1. The summed E-state index contributed by atoms with van der Waals surface area (Å²) in [6.45, 7) is 3.50. The molecule has 39 heavy (non-hydrogen) atoms. The standard InChI is InChI=1S/C29H23N3O6S/c1-3-37-28(36)26-17(2)31-29(39-26)32-23(19-8-7-11-21(16-19)38-20-9-5-4-6-10-20)22(25(34)27(32)35)24(33)18-12-14-30-15-13-18/h4-16,23,33H,3H2,1-2H3. The third-order valence-electron chi connectivity index (χ3n) is 6.00. The zero-order valence-corrected chi connectivity index (χ0v) is 21.8. The van der Waals surface area contributed by atoms with Gasteiger partial charge in [-0.05, 0) is 55.8 Å². The molecule has 1 unspecified atom stereocenters. The SMILES string of the molecule is CCOC(=O)c1sc(N2C(=O)C(=O)C(=C(O)c3ccncc3)C2c2cccc(Oc3ccccc3)c2)nc1C. The van der Waals surface area contributed by atoms with Crippen molar-refractivity contribution in [1.82, 2.24) is 9.97 Å². The molecule has 0 saturated carbocycles. The molecule has 0 aliphatic carbocycles. The van der Waals surface area contributed by atoms with Gasteiger partial charge in [-0.3, -0.25) is 19.5 Å². The van der Waals surface area contributed by atoms with E-state index in [1.54, 1.807) is 62.4 Å². The number of benzene rings is 2. The number of amides is 1. The van der Waals surface area contributed by atoms with Crippen LogP contribution in [0.2, 0.25) is 0 Å². The van der Waals surface area contributed by atoms with Gasteiger partial charge in [-0.15, -0.1) is 0 Å². The van der Waals surface area contributed by atoms with Gasteiger partial charge < -0.3 is 14.6 Å². The van der Waals surface area contributed by atoms with Crippen molar-refractivity contribution in [2.45, 2.75) is 19.9 Å². The smallest absolute Gasteiger partial charge is 0.350 e. The van der Waals surface area contributed by atoms with Crippen LogP contribution >= 0.6 is 11.3 Å². The Morgan fingerprint density at radius 2 is 1.74 bits per heavy atom. The van der Waals surface area contributed by atoms with Crippen LogP contribution in [0.4, 0.5) is 5.13 Å². The van der Waals surface area contributed by atoms with Crippen LogP contribution in [-0.4, -0.2) is 39.3 Å². The van der Waals surface area contributed by atoms with Gasteiger partial charge in [0.15, 0.2) is 5.13 Å². The van der Waals surface area contributed by atoms with Crippen LogP contribution in [0.3, 0.4) is 0 Å². The van der Waals surface area contributed by atoms with Crippen LogP contribution in [0.1, 0.15) is 39.5 Å². The van der Waals surface area contributed by atoms with E-state index in [0.29, 0.717) is 28.3 Å². The van der Waals surface area contributed by atoms with Crippen LogP contribution < -0.4 is 9.64 Å². The minimum Gasteiger partial charge on any atom is -0.507 e. The minimum absolute atomic E-state index is 0.117. The van der Waals surface area contributed by atoms with Crippen LogP contribution in [0.5, 0.6) is 11.5 Å². The molecule has 5 rings (SSSR count). The number of anilines is 1. The number of thiazole rings is 1. The fraction of sp³-hybridized carbons (Fsp3) is 0.138. The number of aromatic nitrogens is 2. The highest BCUT2D eigenvalue weighted by molar-refractivity contribution is 7.17. The van der Waals surface area contributed by atoms with Gasteiger partial charge in [0.05, 0.1) is 23.9 Å². The third-order valence-corrected chi connectivity index (χ3v) is 7.14. The number of aliphatic hydroxyl groups is 1. The van der Waals surface area contributed by atoms with Crippen molar-refractivity contribution in [2.75, 3.05) is 11.5 Å². The number of aryl methyl sites for hydroxylation is 1. The molecule has 0 spiro atoms. The summed E-state index contributed by atoms with van der Waals surface area (Å²) in [5, 5.41) is 11.4. The van der Waals surface area contributed by atoms with Crippen molar-refractivity contribution >= 4 is 39.9 Å². The number of nitrogens with zero attached hydrogens (tertiary/aromatic N) is 3. The van der Waals surface area contributed by atoms with Crippen molar-refractivity contribution in [3.8, 4) is 11.5 Å². The summed E-state index contributed by atoms with van der Waals surface area (Å²) in [6.07, 6.45) is 2.95. The van der Waals surface area contributed by atoms with E-state index in [1.807, 2.05) is 18.2 Å². The molecule has 0 radical (unpaired) electrons. The number of esters is 1. The molecule has 4 aromatic rings. The van der Waals surface area contributed by atoms with Crippen LogP contribution in [0, 0.1) is 6.92 Å². The molecular weight excluding hydrogens is 518 g/mol. The Hall–Kier alpha value is -4.83. The number of pyridine rings is 1. The van der Waals surface area contributed by atoms with Crippen molar-refractivity contribution < 1.29 is 29.0 Å². The Bertz CT molecular complexity index is 1580. The fourth-order valence-corrected chi connectivity index (χ4v) is 5.24. The van der Waals surface area contributed by atoms with Gasteiger partial charge in [0.2, 0.25) is 0 Å². The van der Waals surface area contributed by atoms with E-state index >= 15 is 0 Å². The van der Waals surface area contributed by atoms with Gasteiger partial charge in [-0.2, -0.15) is 0 Å². The minimum atomic E-state index is -1.04. The molecule has 1 amide bonds. The highest BCUT2D eigenvalue weighted by atomic mass is 32.1. The highest BCUT2D eigenvalue weighted by Gasteiger charge is 2.48. The molecule has 9 nitrogen and oxygen atoms in total. The van der Waals surface area contributed by atoms with Crippen molar-refractivity contribution in [3.05, 3.63) is 106 Å². The molecule has 1 N–H and O–H groups in total. The predicted octanol–water partition coefficient (Wildman–Crippen LogP) is 5.44. The molecule has 1 atom stereocenters. The van der Waals surface area contributed by atoms with Gasteiger partial charge in [0.1, 0.15) is 22.1 Å². The Kier molecular flexibility index (Phi) is 7.20. The maximum Gasteiger partial charge on any atom is 0.350 e. The number of aliphatic hydroxyl groups excluding tert-OH is 1. The third kappa shape index (κ3) is 5.01. The zero-order chi connectivity index (χ0) is 27.5. The first-order valence-electron chi connectivity index (χ1n) is 12.1. The quantitative estimate of drug-likeness (QED) is 0.142. The Morgan fingerprint density at radius 3 is 2.46 bits per heavy atom. The number of hydrogen-bond donors (Lipinski definition) is 1. The largest absolute Gasteiger partial charge is 0.507 e. The van der Waals surface area contributed by atoms with E-state index in [9.17, 15) is 19.5 Å². The second-order valence-electron chi connectivity index (χ2n) is 8.52. The number of hydrogen-bond acceptors (Lipinski definition) is 9. The Balaban J connectivity index is 1.66. The van der Waals surface area contributed by atoms with Gasteiger partial charge in [0.25, 0.3) is 5.78 Å². The second kappa shape index (κ2) is 10.9. The summed E-state index contributed by atoms with van der Waals surface area (Å²) in [6, 6.07) is 18.1. The molecular formula is C29H23N3O6S. The number of ether oxygens (including phenoxy) is 2. The molecule has 3 heterocycles. The number of carbonyl (C=O) groups excluding carboxylic acids is 3. The lowest BCUT2D eigenvalue weighted by Gasteiger charge is -2.23. The topological polar surface area (TPSA) is 119 Å². The molecule has 10 heteroatoms. The van der Waals surface area contributed by atoms with E-state index in [0.717, 1.165) is 11.3 Å². The maximum atomic E-state index is 13.5. The van der Waals surface area contributed by atoms with Gasteiger partial charge in [-0.25, -0.2) is 9.78 Å². The molecule has 196 valence electrons. The van der Waals surface area contributed by atoms with Crippen LogP contribution in [0.25, 0.3) is 5.76 Å². The van der Waals surface area contributed by atoms with E-state index in [-0.39, 0.29) is 27.9 Å². The molecule has 2 aromatic heterocycles. The van der Waals surface area contributed by atoms with Crippen LogP contribution in [-0.2, 0) is 14.3 Å². The number of carbonyl (C=O) groups is 3.